The molecule has 1 aromatic carbocycles. The molecule has 0 saturated carbocycles. The third kappa shape index (κ3) is 2.63. The van der Waals surface area contributed by atoms with E-state index in [1.54, 1.807) is 0 Å². The Labute approximate surface area is 123 Å². The van der Waals surface area contributed by atoms with E-state index in [9.17, 15) is 4.79 Å². The first kappa shape index (κ1) is 13.7. The van der Waals surface area contributed by atoms with Gasteiger partial charge in [-0.1, -0.05) is 11.6 Å². The standard InChI is InChI=1S/C15H18ClNO3/c1-10-8-19-5-4-17(10)15(18)12-6-11-7-13(16)2-3-14(11)20-9-12/h2-3,7,10,12H,4-6,8-9H2,1H3/t10-,12-/m1/s1. The van der Waals surface area contributed by atoms with E-state index in [1.807, 2.05) is 30.0 Å². The molecule has 20 heavy (non-hydrogen) atoms. The van der Waals surface area contributed by atoms with Gasteiger partial charge < -0.3 is 14.4 Å². The molecule has 1 amide bonds. The zero-order valence-electron chi connectivity index (χ0n) is 11.5. The molecule has 0 spiro atoms. The molecule has 0 bridgehead atoms. The lowest BCUT2D eigenvalue weighted by Gasteiger charge is -2.36. The number of morpholine rings is 1. The lowest BCUT2D eigenvalue weighted by atomic mass is 9.95. The van der Waals surface area contributed by atoms with Gasteiger partial charge in [0.1, 0.15) is 12.4 Å². The second kappa shape index (κ2) is 5.62. The van der Waals surface area contributed by atoms with Crippen molar-refractivity contribution < 1.29 is 14.3 Å². The number of nitrogens with zero attached hydrogens (tertiary/aromatic N) is 1. The van der Waals surface area contributed by atoms with Crippen LogP contribution in [0.25, 0.3) is 0 Å². The maximum Gasteiger partial charge on any atom is 0.229 e. The molecule has 1 saturated heterocycles. The molecule has 1 fully saturated rings. The van der Waals surface area contributed by atoms with Crippen LogP contribution in [0, 0.1) is 5.92 Å². The van der Waals surface area contributed by atoms with Gasteiger partial charge in [0.15, 0.2) is 0 Å². The summed E-state index contributed by atoms with van der Waals surface area (Å²) in [6.45, 7) is 4.36. The zero-order valence-corrected chi connectivity index (χ0v) is 12.2. The Morgan fingerprint density at radius 2 is 2.25 bits per heavy atom. The molecule has 2 aliphatic rings. The maximum absolute atomic E-state index is 12.6. The van der Waals surface area contributed by atoms with Gasteiger partial charge in [0, 0.05) is 11.6 Å². The van der Waals surface area contributed by atoms with Gasteiger partial charge >= 0.3 is 0 Å². The number of rotatable bonds is 1. The quantitative estimate of drug-likeness (QED) is 0.797. The van der Waals surface area contributed by atoms with Crippen LogP contribution in [0.3, 0.4) is 0 Å². The van der Waals surface area contributed by atoms with Crippen LogP contribution in [0.1, 0.15) is 12.5 Å². The van der Waals surface area contributed by atoms with Crippen molar-refractivity contribution in [3.63, 3.8) is 0 Å². The maximum atomic E-state index is 12.6. The molecule has 1 aromatic rings. The highest BCUT2D eigenvalue weighted by molar-refractivity contribution is 6.30. The van der Waals surface area contributed by atoms with Crippen LogP contribution in [0.4, 0.5) is 0 Å². The number of carbonyl (C=O) groups is 1. The second-order valence-electron chi connectivity index (χ2n) is 5.42. The van der Waals surface area contributed by atoms with Crippen LogP contribution in [-0.4, -0.2) is 43.2 Å². The van der Waals surface area contributed by atoms with Crippen LogP contribution in [0.2, 0.25) is 5.02 Å². The van der Waals surface area contributed by atoms with Gasteiger partial charge in [-0.25, -0.2) is 0 Å². The van der Waals surface area contributed by atoms with Gasteiger partial charge in [-0.2, -0.15) is 0 Å². The highest BCUT2D eigenvalue weighted by Gasteiger charge is 2.33. The molecule has 0 aromatic heterocycles. The fourth-order valence-corrected chi connectivity index (χ4v) is 3.01. The zero-order chi connectivity index (χ0) is 14.1. The first-order valence-electron chi connectivity index (χ1n) is 6.94. The topological polar surface area (TPSA) is 38.8 Å². The summed E-state index contributed by atoms with van der Waals surface area (Å²) in [6, 6.07) is 5.71. The first-order chi connectivity index (χ1) is 9.65. The molecule has 3 rings (SSSR count). The molecular formula is C15H18ClNO3. The summed E-state index contributed by atoms with van der Waals surface area (Å²) in [7, 11) is 0. The van der Waals surface area contributed by atoms with Crippen molar-refractivity contribution in [2.24, 2.45) is 5.92 Å². The molecule has 108 valence electrons. The smallest absolute Gasteiger partial charge is 0.229 e. The Bertz CT molecular complexity index is 520. The Hall–Kier alpha value is -1.26. The van der Waals surface area contributed by atoms with Gasteiger partial charge in [-0.05, 0) is 37.1 Å². The fraction of sp³-hybridized carbons (Fsp3) is 0.533. The van der Waals surface area contributed by atoms with E-state index in [4.69, 9.17) is 21.1 Å². The lowest BCUT2D eigenvalue weighted by molar-refractivity contribution is -0.144. The van der Waals surface area contributed by atoms with E-state index < -0.39 is 0 Å². The highest BCUT2D eigenvalue weighted by Crippen LogP contribution is 2.30. The summed E-state index contributed by atoms with van der Waals surface area (Å²) in [5, 5.41) is 0.681. The predicted molar refractivity (Wildman–Crippen MR) is 76.1 cm³/mol. The minimum atomic E-state index is -0.124. The number of hydrogen-bond donors (Lipinski definition) is 0. The Morgan fingerprint density at radius 1 is 1.40 bits per heavy atom. The molecule has 0 radical (unpaired) electrons. The van der Waals surface area contributed by atoms with Crippen LogP contribution >= 0.6 is 11.6 Å². The number of carbonyl (C=O) groups excluding carboxylic acids is 1. The van der Waals surface area contributed by atoms with E-state index in [2.05, 4.69) is 0 Å². The molecule has 0 unspecified atom stereocenters. The van der Waals surface area contributed by atoms with Crippen molar-refractivity contribution >= 4 is 17.5 Å². The Kier molecular flexibility index (Phi) is 3.85. The fourth-order valence-electron chi connectivity index (χ4n) is 2.81. The van der Waals surface area contributed by atoms with E-state index in [-0.39, 0.29) is 17.9 Å². The number of halogens is 1. The Balaban J connectivity index is 1.74. The summed E-state index contributed by atoms with van der Waals surface area (Å²) < 4.78 is 11.1. The first-order valence-corrected chi connectivity index (χ1v) is 7.32. The molecular weight excluding hydrogens is 278 g/mol. The number of amides is 1. The van der Waals surface area contributed by atoms with Crippen LogP contribution in [-0.2, 0) is 16.0 Å². The van der Waals surface area contributed by atoms with E-state index >= 15 is 0 Å². The number of hydrogen-bond acceptors (Lipinski definition) is 3. The number of fused-ring (bicyclic) bond motifs is 1. The van der Waals surface area contributed by atoms with E-state index in [0.717, 1.165) is 11.3 Å². The number of ether oxygens (including phenoxy) is 2. The summed E-state index contributed by atoms with van der Waals surface area (Å²) >= 11 is 6.01. The molecule has 2 aliphatic heterocycles. The van der Waals surface area contributed by atoms with E-state index in [1.165, 1.54) is 0 Å². The van der Waals surface area contributed by atoms with Crippen molar-refractivity contribution in [1.82, 2.24) is 4.90 Å². The highest BCUT2D eigenvalue weighted by atomic mass is 35.5. The molecule has 2 heterocycles. The third-order valence-corrected chi connectivity index (χ3v) is 4.16. The largest absolute Gasteiger partial charge is 0.492 e. The minimum absolute atomic E-state index is 0.124. The Morgan fingerprint density at radius 3 is 3.05 bits per heavy atom. The summed E-state index contributed by atoms with van der Waals surface area (Å²) in [6.07, 6.45) is 0.693. The third-order valence-electron chi connectivity index (χ3n) is 3.93. The predicted octanol–water partition coefficient (Wildman–Crippen LogP) is 2.14. The average Bonchev–Trinajstić information content (AvgIpc) is 2.46. The monoisotopic (exact) mass is 295 g/mol. The van der Waals surface area contributed by atoms with Crippen LogP contribution < -0.4 is 4.74 Å². The van der Waals surface area contributed by atoms with Crippen molar-refractivity contribution in [2.75, 3.05) is 26.4 Å². The number of benzene rings is 1. The van der Waals surface area contributed by atoms with Gasteiger partial charge in [0.25, 0.3) is 0 Å². The van der Waals surface area contributed by atoms with Gasteiger partial charge in [0.05, 0.1) is 25.2 Å². The molecule has 2 atom stereocenters. The van der Waals surface area contributed by atoms with E-state index in [0.29, 0.717) is 37.8 Å². The van der Waals surface area contributed by atoms with Crippen LogP contribution in [0.15, 0.2) is 18.2 Å². The molecule has 0 aliphatic carbocycles. The summed E-state index contributed by atoms with van der Waals surface area (Å²) in [5.41, 5.74) is 1.02. The average molecular weight is 296 g/mol. The van der Waals surface area contributed by atoms with Gasteiger partial charge in [0.2, 0.25) is 5.91 Å². The molecule has 5 heteroatoms. The normalized spacial score (nSPS) is 25.8. The van der Waals surface area contributed by atoms with Gasteiger partial charge in [-0.15, -0.1) is 0 Å². The SMILES string of the molecule is C[C@@H]1COCCN1C(=O)[C@H]1COc2ccc(Cl)cc2C1. The molecule has 4 nitrogen and oxygen atoms in total. The van der Waals surface area contributed by atoms with Crippen molar-refractivity contribution in [2.45, 2.75) is 19.4 Å². The minimum Gasteiger partial charge on any atom is -0.492 e. The summed E-state index contributed by atoms with van der Waals surface area (Å²) in [4.78, 5) is 14.5. The summed E-state index contributed by atoms with van der Waals surface area (Å²) in [5.74, 6) is 0.876. The van der Waals surface area contributed by atoms with Crippen molar-refractivity contribution in [3.8, 4) is 5.75 Å². The van der Waals surface area contributed by atoms with Crippen molar-refractivity contribution in [1.29, 1.82) is 0 Å². The van der Waals surface area contributed by atoms with Crippen LogP contribution in [0.5, 0.6) is 5.75 Å². The lowest BCUT2D eigenvalue weighted by Crippen LogP contribution is -2.51. The van der Waals surface area contributed by atoms with Gasteiger partial charge in [-0.3, -0.25) is 4.79 Å². The van der Waals surface area contributed by atoms with Crippen molar-refractivity contribution in [3.05, 3.63) is 28.8 Å². The second-order valence-corrected chi connectivity index (χ2v) is 5.86. The molecule has 0 N–H and O–H groups in total.